The van der Waals surface area contributed by atoms with Crippen LogP contribution in [0.25, 0.3) is 11.1 Å². The predicted molar refractivity (Wildman–Crippen MR) is 96.5 cm³/mol. The largest absolute Gasteiger partial charge is 0.306 e. The Morgan fingerprint density at radius 1 is 1.04 bits per heavy atom. The predicted octanol–water partition coefficient (Wildman–Crippen LogP) is 4.74. The first-order valence-electron chi connectivity index (χ1n) is 7.93. The first-order valence-corrected chi connectivity index (χ1v) is 8.31. The van der Waals surface area contributed by atoms with Crippen LogP contribution in [0.15, 0.2) is 60.9 Å². The third-order valence-electron chi connectivity index (χ3n) is 4.34. The van der Waals surface area contributed by atoms with Crippen molar-refractivity contribution >= 4 is 23.2 Å². The van der Waals surface area contributed by atoms with Gasteiger partial charge in [-0.2, -0.15) is 0 Å². The summed E-state index contributed by atoms with van der Waals surface area (Å²) < 4.78 is 13.5. The van der Waals surface area contributed by atoms with Crippen molar-refractivity contribution in [3.63, 3.8) is 0 Å². The quantitative estimate of drug-likeness (QED) is 0.667. The molecular weight excluding hydrogens is 339 g/mol. The van der Waals surface area contributed by atoms with Crippen LogP contribution in [0, 0.1) is 5.82 Å². The number of benzene rings is 2. The number of carbonyl (C=O) groups excluding carboxylic acids is 1. The topological polar surface area (TPSA) is 33.2 Å². The van der Waals surface area contributed by atoms with Crippen LogP contribution in [0.2, 0.25) is 5.02 Å². The van der Waals surface area contributed by atoms with Gasteiger partial charge in [0.15, 0.2) is 0 Å². The molecule has 1 amide bonds. The summed E-state index contributed by atoms with van der Waals surface area (Å²) in [5.74, 6) is -0.376. The van der Waals surface area contributed by atoms with Crippen molar-refractivity contribution < 1.29 is 9.18 Å². The van der Waals surface area contributed by atoms with Crippen LogP contribution < -0.4 is 4.90 Å². The standard InChI is InChI=1S/C20H14ClFN2O/c21-16-4-5-19-14(8-16)6-7-24(20(19)25)18-10-15(11-23-12-18)13-2-1-3-17(22)9-13/h1-5,8-12H,6-7H2. The molecule has 0 radical (unpaired) electrons. The van der Waals surface area contributed by atoms with Crippen molar-refractivity contribution in [3.05, 3.63) is 82.9 Å². The lowest BCUT2D eigenvalue weighted by molar-refractivity contribution is 0.0980. The molecule has 0 N–H and O–H groups in total. The zero-order valence-electron chi connectivity index (χ0n) is 13.2. The van der Waals surface area contributed by atoms with Gasteiger partial charge in [-0.3, -0.25) is 9.78 Å². The molecule has 0 atom stereocenters. The van der Waals surface area contributed by atoms with Gasteiger partial charge in [0.25, 0.3) is 5.91 Å². The van der Waals surface area contributed by atoms with Gasteiger partial charge in [-0.05, 0) is 53.9 Å². The van der Waals surface area contributed by atoms with E-state index < -0.39 is 0 Å². The second-order valence-electron chi connectivity index (χ2n) is 5.95. The van der Waals surface area contributed by atoms with Crippen LogP contribution in [0.4, 0.5) is 10.1 Å². The molecular formula is C20H14ClFN2O. The van der Waals surface area contributed by atoms with Gasteiger partial charge in [0, 0.05) is 28.9 Å². The number of carbonyl (C=O) groups is 1. The Bertz CT molecular complexity index is 973. The first-order chi connectivity index (χ1) is 12.1. The van der Waals surface area contributed by atoms with Crippen molar-refractivity contribution in [1.29, 1.82) is 0 Å². The molecule has 2 aromatic carbocycles. The maximum Gasteiger partial charge on any atom is 0.258 e. The Hall–Kier alpha value is -2.72. The third-order valence-corrected chi connectivity index (χ3v) is 4.58. The van der Waals surface area contributed by atoms with Crippen LogP contribution in [0.3, 0.4) is 0 Å². The Morgan fingerprint density at radius 3 is 2.76 bits per heavy atom. The highest BCUT2D eigenvalue weighted by molar-refractivity contribution is 6.30. The minimum absolute atomic E-state index is 0.0730. The van der Waals surface area contributed by atoms with E-state index in [2.05, 4.69) is 4.98 Å². The van der Waals surface area contributed by atoms with Gasteiger partial charge >= 0.3 is 0 Å². The van der Waals surface area contributed by atoms with E-state index in [4.69, 9.17) is 11.6 Å². The molecule has 0 aliphatic carbocycles. The van der Waals surface area contributed by atoms with E-state index in [1.54, 1.807) is 35.5 Å². The highest BCUT2D eigenvalue weighted by atomic mass is 35.5. The molecule has 0 saturated carbocycles. The summed E-state index contributed by atoms with van der Waals surface area (Å²) >= 11 is 6.01. The second kappa shape index (κ2) is 6.30. The van der Waals surface area contributed by atoms with Gasteiger partial charge < -0.3 is 4.90 Å². The Kier molecular flexibility index (Phi) is 3.98. The van der Waals surface area contributed by atoms with E-state index in [0.29, 0.717) is 22.8 Å². The number of halogens is 2. The van der Waals surface area contributed by atoms with E-state index in [1.807, 2.05) is 18.2 Å². The fourth-order valence-electron chi connectivity index (χ4n) is 3.10. The minimum atomic E-state index is -0.303. The lowest BCUT2D eigenvalue weighted by atomic mass is 9.98. The van der Waals surface area contributed by atoms with Gasteiger partial charge in [-0.15, -0.1) is 0 Å². The average molecular weight is 353 g/mol. The Morgan fingerprint density at radius 2 is 1.92 bits per heavy atom. The number of anilines is 1. The van der Waals surface area contributed by atoms with Gasteiger partial charge in [-0.25, -0.2) is 4.39 Å². The number of nitrogens with zero attached hydrogens (tertiary/aromatic N) is 2. The lowest BCUT2D eigenvalue weighted by Crippen LogP contribution is -2.37. The zero-order chi connectivity index (χ0) is 17.4. The fourth-order valence-corrected chi connectivity index (χ4v) is 3.30. The molecule has 1 aliphatic rings. The highest BCUT2D eigenvalue weighted by Gasteiger charge is 2.26. The summed E-state index contributed by atoms with van der Waals surface area (Å²) in [5.41, 5.74) is 3.82. The molecule has 4 rings (SSSR count). The Labute approximate surface area is 149 Å². The number of aromatic nitrogens is 1. The van der Waals surface area contributed by atoms with Gasteiger partial charge in [-0.1, -0.05) is 23.7 Å². The summed E-state index contributed by atoms with van der Waals surface area (Å²) in [7, 11) is 0. The van der Waals surface area contributed by atoms with Crippen LogP contribution in [0.1, 0.15) is 15.9 Å². The molecule has 0 bridgehead atoms. The normalized spacial score (nSPS) is 13.7. The maximum absolute atomic E-state index is 13.5. The molecule has 3 nitrogen and oxygen atoms in total. The highest BCUT2D eigenvalue weighted by Crippen LogP contribution is 2.29. The number of hydrogen-bond acceptors (Lipinski definition) is 2. The Balaban J connectivity index is 1.70. The number of pyridine rings is 1. The van der Waals surface area contributed by atoms with Crippen LogP contribution in [0.5, 0.6) is 0 Å². The monoisotopic (exact) mass is 352 g/mol. The minimum Gasteiger partial charge on any atom is -0.306 e. The SMILES string of the molecule is O=C1c2ccc(Cl)cc2CCN1c1cncc(-c2cccc(F)c2)c1. The molecule has 5 heteroatoms. The molecule has 25 heavy (non-hydrogen) atoms. The van der Waals surface area contributed by atoms with E-state index >= 15 is 0 Å². The number of rotatable bonds is 2. The molecule has 2 heterocycles. The first kappa shape index (κ1) is 15.8. The molecule has 0 unspecified atom stereocenters. The van der Waals surface area contributed by atoms with Crippen molar-refractivity contribution in [1.82, 2.24) is 4.98 Å². The fraction of sp³-hybridized carbons (Fsp3) is 0.100. The third kappa shape index (κ3) is 3.01. The van der Waals surface area contributed by atoms with E-state index in [1.165, 1.54) is 12.1 Å². The van der Waals surface area contributed by atoms with Crippen molar-refractivity contribution in [2.24, 2.45) is 0 Å². The zero-order valence-corrected chi connectivity index (χ0v) is 14.0. The summed E-state index contributed by atoms with van der Waals surface area (Å²) in [6.07, 6.45) is 4.05. The average Bonchev–Trinajstić information content (AvgIpc) is 2.62. The van der Waals surface area contributed by atoms with Crippen LogP contribution >= 0.6 is 11.6 Å². The van der Waals surface area contributed by atoms with Crippen LogP contribution in [-0.2, 0) is 6.42 Å². The molecule has 1 aliphatic heterocycles. The summed E-state index contributed by atoms with van der Waals surface area (Å²) in [6.45, 7) is 0.556. The number of fused-ring (bicyclic) bond motifs is 1. The molecule has 0 fully saturated rings. The molecule has 0 spiro atoms. The maximum atomic E-state index is 13.5. The second-order valence-corrected chi connectivity index (χ2v) is 6.39. The van der Waals surface area contributed by atoms with Crippen LogP contribution in [-0.4, -0.2) is 17.4 Å². The molecule has 1 aromatic heterocycles. The molecule has 0 saturated heterocycles. The number of amides is 1. The summed E-state index contributed by atoms with van der Waals surface area (Å²) in [6, 6.07) is 13.5. The van der Waals surface area contributed by atoms with Gasteiger partial charge in [0.2, 0.25) is 0 Å². The smallest absolute Gasteiger partial charge is 0.258 e. The lowest BCUT2D eigenvalue weighted by Gasteiger charge is -2.28. The van der Waals surface area contributed by atoms with Crippen molar-refractivity contribution in [3.8, 4) is 11.1 Å². The number of hydrogen-bond donors (Lipinski definition) is 0. The summed E-state index contributed by atoms with van der Waals surface area (Å²) in [4.78, 5) is 18.8. The molecule has 3 aromatic rings. The van der Waals surface area contributed by atoms with Gasteiger partial charge in [0.1, 0.15) is 5.82 Å². The van der Waals surface area contributed by atoms with E-state index in [-0.39, 0.29) is 11.7 Å². The van der Waals surface area contributed by atoms with Crippen molar-refractivity contribution in [2.75, 3.05) is 11.4 Å². The van der Waals surface area contributed by atoms with E-state index in [0.717, 1.165) is 23.1 Å². The van der Waals surface area contributed by atoms with Crippen molar-refractivity contribution in [2.45, 2.75) is 6.42 Å². The molecule has 124 valence electrons. The summed E-state index contributed by atoms with van der Waals surface area (Å²) in [5, 5.41) is 0.634. The van der Waals surface area contributed by atoms with E-state index in [9.17, 15) is 9.18 Å². The van der Waals surface area contributed by atoms with Gasteiger partial charge in [0.05, 0.1) is 11.9 Å².